The van der Waals surface area contributed by atoms with Gasteiger partial charge in [0.25, 0.3) is 0 Å². The van der Waals surface area contributed by atoms with Crippen molar-refractivity contribution in [2.45, 2.75) is 44.4 Å². The van der Waals surface area contributed by atoms with E-state index in [1.807, 2.05) is 0 Å². The van der Waals surface area contributed by atoms with E-state index in [1.165, 1.54) is 30.4 Å². The molecular formula is C14H20O. The molecule has 0 saturated heterocycles. The SMILES string of the molecule is Cc1ccc(C2(CO)CCCCC2)cc1. The second-order valence-corrected chi connectivity index (χ2v) is 4.87. The van der Waals surface area contributed by atoms with Crippen molar-refractivity contribution in [1.82, 2.24) is 0 Å². The summed E-state index contributed by atoms with van der Waals surface area (Å²) in [5.74, 6) is 0. The maximum absolute atomic E-state index is 9.66. The van der Waals surface area contributed by atoms with Crippen LogP contribution in [-0.2, 0) is 5.41 Å². The molecule has 0 aromatic heterocycles. The predicted octanol–water partition coefficient (Wildman–Crippen LogP) is 3.19. The summed E-state index contributed by atoms with van der Waals surface area (Å²) in [6.07, 6.45) is 6.13. The lowest BCUT2D eigenvalue weighted by atomic mass is 9.70. The van der Waals surface area contributed by atoms with E-state index in [0.29, 0.717) is 6.61 Å². The lowest BCUT2D eigenvalue weighted by molar-refractivity contribution is 0.152. The Hall–Kier alpha value is -0.820. The molecule has 1 N–H and O–H groups in total. The minimum absolute atomic E-state index is 0.0615. The summed E-state index contributed by atoms with van der Waals surface area (Å²) in [6, 6.07) is 8.69. The van der Waals surface area contributed by atoms with Crippen LogP contribution in [0.15, 0.2) is 24.3 Å². The molecule has 1 saturated carbocycles. The van der Waals surface area contributed by atoms with Crippen LogP contribution in [0.25, 0.3) is 0 Å². The van der Waals surface area contributed by atoms with E-state index in [9.17, 15) is 5.11 Å². The van der Waals surface area contributed by atoms with E-state index in [2.05, 4.69) is 31.2 Å². The molecule has 0 bridgehead atoms. The highest BCUT2D eigenvalue weighted by molar-refractivity contribution is 5.29. The molecule has 1 aliphatic rings. The number of aliphatic hydroxyl groups is 1. The molecule has 0 atom stereocenters. The molecule has 0 amide bonds. The Labute approximate surface area is 92.1 Å². The monoisotopic (exact) mass is 204 g/mol. The number of aliphatic hydroxyl groups excluding tert-OH is 1. The molecule has 2 rings (SSSR count). The lowest BCUT2D eigenvalue weighted by Crippen LogP contribution is -2.32. The van der Waals surface area contributed by atoms with Gasteiger partial charge in [0, 0.05) is 5.41 Å². The van der Waals surface area contributed by atoms with E-state index >= 15 is 0 Å². The number of hydrogen-bond donors (Lipinski definition) is 1. The molecule has 0 heterocycles. The summed E-state index contributed by atoms with van der Waals surface area (Å²) in [5, 5.41) is 9.66. The normalized spacial score (nSPS) is 20.1. The van der Waals surface area contributed by atoms with E-state index in [-0.39, 0.29) is 5.41 Å². The van der Waals surface area contributed by atoms with Gasteiger partial charge in [-0.1, -0.05) is 49.1 Å². The van der Waals surface area contributed by atoms with Crippen LogP contribution in [0.2, 0.25) is 0 Å². The molecular weight excluding hydrogens is 184 g/mol. The van der Waals surface area contributed by atoms with Crippen molar-refractivity contribution in [2.24, 2.45) is 0 Å². The lowest BCUT2D eigenvalue weighted by Gasteiger charge is -2.36. The molecule has 1 aliphatic carbocycles. The van der Waals surface area contributed by atoms with Crippen LogP contribution in [0.5, 0.6) is 0 Å². The third kappa shape index (κ3) is 2.07. The fourth-order valence-electron chi connectivity index (χ4n) is 2.67. The number of benzene rings is 1. The fraction of sp³-hybridized carbons (Fsp3) is 0.571. The third-order valence-corrected chi connectivity index (χ3v) is 3.78. The summed E-state index contributed by atoms with van der Waals surface area (Å²) in [5.41, 5.74) is 2.68. The van der Waals surface area contributed by atoms with Gasteiger partial charge in [0.15, 0.2) is 0 Å². The van der Waals surface area contributed by atoms with Crippen molar-refractivity contribution in [3.8, 4) is 0 Å². The van der Waals surface area contributed by atoms with Crippen LogP contribution in [0.3, 0.4) is 0 Å². The molecule has 82 valence electrons. The van der Waals surface area contributed by atoms with Gasteiger partial charge in [0.05, 0.1) is 6.61 Å². The van der Waals surface area contributed by atoms with Crippen molar-refractivity contribution in [1.29, 1.82) is 0 Å². The average molecular weight is 204 g/mol. The highest BCUT2D eigenvalue weighted by atomic mass is 16.3. The van der Waals surface area contributed by atoms with E-state index in [0.717, 1.165) is 12.8 Å². The van der Waals surface area contributed by atoms with Crippen molar-refractivity contribution >= 4 is 0 Å². The second kappa shape index (κ2) is 4.36. The Balaban J connectivity index is 2.28. The topological polar surface area (TPSA) is 20.2 Å². The van der Waals surface area contributed by atoms with Crippen molar-refractivity contribution in [3.63, 3.8) is 0 Å². The number of aryl methyl sites for hydroxylation is 1. The van der Waals surface area contributed by atoms with Gasteiger partial charge >= 0.3 is 0 Å². The Morgan fingerprint density at radius 3 is 2.20 bits per heavy atom. The van der Waals surface area contributed by atoms with Crippen molar-refractivity contribution in [2.75, 3.05) is 6.61 Å². The van der Waals surface area contributed by atoms with Gasteiger partial charge in [0.2, 0.25) is 0 Å². The van der Waals surface area contributed by atoms with Crippen LogP contribution < -0.4 is 0 Å². The van der Waals surface area contributed by atoms with Crippen molar-refractivity contribution < 1.29 is 5.11 Å². The highest BCUT2D eigenvalue weighted by Gasteiger charge is 2.32. The molecule has 1 fully saturated rings. The summed E-state index contributed by atoms with van der Waals surface area (Å²) in [7, 11) is 0. The van der Waals surface area contributed by atoms with Gasteiger partial charge in [-0.05, 0) is 25.3 Å². The van der Waals surface area contributed by atoms with Gasteiger partial charge in [-0.3, -0.25) is 0 Å². The first-order valence-electron chi connectivity index (χ1n) is 5.95. The maximum atomic E-state index is 9.66. The molecule has 1 aromatic rings. The molecule has 1 heteroatoms. The Morgan fingerprint density at radius 2 is 1.67 bits per heavy atom. The molecule has 0 spiro atoms. The summed E-state index contributed by atoms with van der Waals surface area (Å²) in [6.45, 7) is 2.41. The largest absolute Gasteiger partial charge is 0.395 e. The molecule has 0 unspecified atom stereocenters. The average Bonchev–Trinajstić information content (AvgIpc) is 2.31. The highest BCUT2D eigenvalue weighted by Crippen LogP contribution is 2.38. The second-order valence-electron chi connectivity index (χ2n) is 4.87. The Bertz CT molecular complexity index is 307. The minimum Gasteiger partial charge on any atom is -0.395 e. The zero-order valence-corrected chi connectivity index (χ0v) is 9.50. The maximum Gasteiger partial charge on any atom is 0.0527 e. The zero-order chi connectivity index (χ0) is 10.7. The predicted molar refractivity (Wildman–Crippen MR) is 63.0 cm³/mol. The first-order valence-corrected chi connectivity index (χ1v) is 5.95. The number of rotatable bonds is 2. The van der Waals surface area contributed by atoms with Crippen LogP contribution in [-0.4, -0.2) is 11.7 Å². The molecule has 1 nitrogen and oxygen atoms in total. The van der Waals surface area contributed by atoms with E-state index in [4.69, 9.17) is 0 Å². The van der Waals surface area contributed by atoms with Crippen molar-refractivity contribution in [3.05, 3.63) is 35.4 Å². The van der Waals surface area contributed by atoms with Crippen LogP contribution in [0, 0.1) is 6.92 Å². The van der Waals surface area contributed by atoms with Gasteiger partial charge < -0.3 is 5.11 Å². The Kier molecular flexibility index (Phi) is 3.11. The van der Waals surface area contributed by atoms with Crippen LogP contribution in [0.4, 0.5) is 0 Å². The first-order chi connectivity index (χ1) is 7.27. The molecule has 0 radical (unpaired) electrons. The van der Waals surface area contributed by atoms with Crippen LogP contribution in [0.1, 0.15) is 43.2 Å². The molecule has 15 heavy (non-hydrogen) atoms. The van der Waals surface area contributed by atoms with E-state index < -0.39 is 0 Å². The minimum atomic E-state index is 0.0615. The van der Waals surface area contributed by atoms with Gasteiger partial charge in [0.1, 0.15) is 0 Å². The smallest absolute Gasteiger partial charge is 0.0527 e. The summed E-state index contributed by atoms with van der Waals surface area (Å²) < 4.78 is 0. The van der Waals surface area contributed by atoms with Gasteiger partial charge in [-0.25, -0.2) is 0 Å². The first kappa shape index (κ1) is 10.7. The molecule has 1 aromatic carbocycles. The van der Waals surface area contributed by atoms with Gasteiger partial charge in [-0.15, -0.1) is 0 Å². The summed E-state index contributed by atoms with van der Waals surface area (Å²) >= 11 is 0. The van der Waals surface area contributed by atoms with E-state index in [1.54, 1.807) is 0 Å². The number of hydrogen-bond acceptors (Lipinski definition) is 1. The zero-order valence-electron chi connectivity index (χ0n) is 9.50. The third-order valence-electron chi connectivity index (χ3n) is 3.78. The van der Waals surface area contributed by atoms with Gasteiger partial charge in [-0.2, -0.15) is 0 Å². The quantitative estimate of drug-likeness (QED) is 0.784. The fourth-order valence-corrected chi connectivity index (χ4v) is 2.67. The van der Waals surface area contributed by atoms with Crippen LogP contribution >= 0.6 is 0 Å². The standard InChI is InChI=1S/C14H20O/c1-12-5-7-13(8-6-12)14(11-15)9-3-2-4-10-14/h5-8,15H,2-4,9-11H2,1H3. The molecule has 0 aliphatic heterocycles. The summed E-state index contributed by atoms with van der Waals surface area (Å²) in [4.78, 5) is 0. The Morgan fingerprint density at radius 1 is 1.07 bits per heavy atom.